The number of hydrogen-bond acceptors (Lipinski definition) is 7. The number of rotatable bonds is 5. The number of nitrogens with one attached hydrogen (secondary N) is 1. The van der Waals surface area contributed by atoms with Crippen molar-refractivity contribution in [3.8, 4) is 0 Å². The lowest BCUT2D eigenvalue weighted by Gasteiger charge is -2.09. The molecule has 2 rings (SSSR count). The summed E-state index contributed by atoms with van der Waals surface area (Å²) in [5.41, 5.74) is 1.45. The second kappa shape index (κ2) is 7.73. The monoisotopic (exact) mass is 348 g/mol. The molecule has 0 aromatic carbocycles. The number of carbonyl (C=O) groups is 3. The molecule has 0 saturated heterocycles. The van der Waals surface area contributed by atoms with Gasteiger partial charge in [0.25, 0.3) is 5.91 Å². The van der Waals surface area contributed by atoms with E-state index >= 15 is 0 Å². The van der Waals surface area contributed by atoms with Crippen molar-refractivity contribution in [1.29, 1.82) is 0 Å². The van der Waals surface area contributed by atoms with Gasteiger partial charge in [0.15, 0.2) is 12.3 Å². The molecule has 0 spiro atoms. The minimum Gasteiger partial charge on any atom is -0.452 e. The zero-order valence-corrected chi connectivity index (χ0v) is 14.5. The highest BCUT2D eigenvalue weighted by atomic mass is 16.6. The number of hydrogen-bond donors (Lipinski definition) is 1. The van der Waals surface area contributed by atoms with E-state index in [1.807, 2.05) is 19.2 Å². The van der Waals surface area contributed by atoms with Crippen LogP contribution in [0.4, 0.5) is 4.79 Å². The highest BCUT2D eigenvalue weighted by Crippen LogP contribution is 2.21. The quantitative estimate of drug-likeness (QED) is 0.819. The van der Waals surface area contributed by atoms with Crippen molar-refractivity contribution in [3.63, 3.8) is 0 Å². The molecular formula is C16H20N4O5. The first-order valence-electron chi connectivity index (χ1n) is 7.82. The van der Waals surface area contributed by atoms with E-state index in [-0.39, 0.29) is 18.2 Å². The molecule has 0 saturated carbocycles. The van der Waals surface area contributed by atoms with Gasteiger partial charge in [-0.1, -0.05) is 0 Å². The fourth-order valence-electron chi connectivity index (χ4n) is 2.22. The van der Waals surface area contributed by atoms with Crippen molar-refractivity contribution in [2.75, 3.05) is 13.2 Å². The number of carbonyl (C=O) groups excluding carboxylic acids is 3. The van der Waals surface area contributed by atoms with Crippen LogP contribution in [-0.2, 0) is 14.3 Å². The minimum absolute atomic E-state index is 0.0750. The largest absolute Gasteiger partial charge is 0.452 e. The number of esters is 1. The molecule has 2 aromatic heterocycles. The predicted molar refractivity (Wildman–Crippen MR) is 88.1 cm³/mol. The molecule has 0 bridgehead atoms. The molecule has 0 radical (unpaired) electrons. The number of fused-ring (bicyclic) bond motifs is 1. The number of aryl methyl sites for hydroxylation is 1. The molecule has 9 heteroatoms. The maximum Gasteiger partial charge on any atom is 0.413 e. The summed E-state index contributed by atoms with van der Waals surface area (Å²) in [5.74, 6) is -1.47. The molecule has 0 aliphatic heterocycles. The highest BCUT2D eigenvalue weighted by Gasteiger charge is 2.19. The van der Waals surface area contributed by atoms with Crippen LogP contribution in [0.5, 0.6) is 0 Å². The van der Waals surface area contributed by atoms with Gasteiger partial charge in [-0.3, -0.25) is 10.1 Å². The number of imide groups is 1. The fourth-order valence-corrected chi connectivity index (χ4v) is 2.22. The molecule has 1 N–H and O–H groups in total. The van der Waals surface area contributed by atoms with E-state index in [1.54, 1.807) is 24.6 Å². The van der Waals surface area contributed by atoms with E-state index in [2.05, 4.69) is 14.8 Å². The van der Waals surface area contributed by atoms with Crippen molar-refractivity contribution < 1.29 is 23.9 Å². The predicted octanol–water partition coefficient (Wildman–Crippen LogP) is 1.75. The molecule has 2 heterocycles. The van der Waals surface area contributed by atoms with Crippen molar-refractivity contribution in [1.82, 2.24) is 20.1 Å². The third-order valence-corrected chi connectivity index (χ3v) is 3.26. The van der Waals surface area contributed by atoms with Crippen molar-refractivity contribution in [2.45, 2.75) is 33.7 Å². The third kappa shape index (κ3) is 4.31. The Morgan fingerprint density at radius 3 is 2.64 bits per heavy atom. The van der Waals surface area contributed by atoms with Crippen LogP contribution in [0, 0.1) is 6.92 Å². The lowest BCUT2D eigenvalue weighted by atomic mass is 10.1. The van der Waals surface area contributed by atoms with Crippen LogP contribution in [0.1, 0.15) is 42.9 Å². The standard InChI is InChI=1S/C16H20N4O5/c1-5-24-16(23)19-13(21)8-25-15(22)11-6-10(4)18-14-12(11)7-17-20(14)9(2)3/h6-7,9H,5,8H2,1-4H3,(H,19,21,23). The lowest BCUT2D eigenvalue weighted by molar-refractivity contribution is -0.123. The molecule has 2 aromatic rings. The van der Waals surface area contributed by atoms with Gasteiger partial charge in [-0.2, -0.15) is 5.10 Å². The van der Waals surface area contributed by atoms with Crippen LogP contribution >= 0.6 is 0 Å². The maximum atomic E-state index is 12.3. The molecule has 25 heavy (non-hydrogen) atoms. The molecular weight excluding hydrogens is 328 g/mol. The van der Waals surface area contributed by atoms with Gasteiger partial charge in [-0.25, -0.2) is 19.3 Å². The summed E-state index contributed by atoms with van der Waals surface area (Å²) in [7, 11) is 0. The number of pyridine rings is 1. The molecule has 0 aliphatic carbocycles. The zero-order chi connectivity index (χ0) is 18.6. The smallest absolute Gasteiger partial charge is 0.413 e. The van der Waals surface area contributed by atoms with E-state index in [0.717, 1.165) is 0 Å². The van der Waals surface area contributed by atoms with Gasteiger partial charge in [0, 0.05) is 11.7 Å². The van der Waals surface area contributed by atoms with Gasteiger partial charge in [0.2, 0.25) is 0 Å². The third-order valence-electron chi connectivity index (χ3n) is 3.26. The number of aromatic nitrogens is 3. The van der Waals surface area contributed by atoms with Gasteiger partial charge >= 0.3 is 12.1 Å². The number of nitrogens with zero attached hydrogens (tertiary/aromatic N) is 3. The van der Waals surface area contributed by atoms with Crippen LogP contribution in [0.25, 0.3) is 11.0 Å². The highest BCUT2D eigenvalue weighted by molar-refractivity contribution is 6.03. The van der Waals surface area contributed by atoms with E-state index < -0.39 is 24.6 Å². The van der Waals surface area contributed by atoms with Gasteiger partial charge in [-0.05, 0) is 33.8 Å². The summed E-state index contributed by atoms with van der Waals surface area (Å²) < 4.78 is 11.3. The molecule has 0 aliphatic rings. The average Bonchev–Trinajstić information content (AvgIpc) is 2.95. The number of amides is 2. The Kier molecular flexibility index (Phi) is 5.68. The van der Waals surface area contributed by atoms with Crippen LogP contribution in [-0.4, -0.2) is 45.9 Å². The van der Waals surface area contributed by atoms with Gasteiger partial charge in [-0.15, -0.1) is 0 Å². The minimum atomic E-state index is -0.885. The first kappa shape index (κ1) is 18.4. The topological polar surface area (TPSA) is 112 Å². The summed E-state index contributed by atoms with van der Waals surface area (Å²) in [5, 5.41) is 6.73. The molecule has 9 nitrogen and oxygen atoms in total. The number of alkyl carbamates (subject to hydrolysis) is 1. The van der Waals surface area contributed by atoms with Crippen LogP contribution in [0.2, 0.25) is 0 Å². The van der Waals surface area contributed by atoms with Gasteiger partial charge in [0.05, 0.1) is 23.8 Å². The molecule has 134 valence electrons. The fraction of sp³-hybridized carbons (Fsp3) is 0.438. The van der Waals surface area contributed by atoms with Crippen molar-refractivity contribution >= 4 is 29.0 Å². The van der Waals surface area contributed by atoms with Crippen LogP contribution in [0.3, 0.4) is 0 Å². The Hall–Kier alpha value is -2.97. The summed E-state index contributed by atoms with van der Waals surface area (Å²) in [6.07, 6.45) is 0.653. The molecule has 0 atom stereocenters. The maximum absolute atomic E-state index is 12.3. The Morgan fingerprint density at radius 2 is 2.00 bits per heavy atom. The second-order valence-corrected chi connectivity index (χ2v) is 5.58. The Morgan fingerprint density at radius 1 is 1.28 bits per heavy atom. The molecule has 0 fully saturated rings. The lowest BCUT2D eigenvalue weighted by Crippen LogP contribution is -2.34. The number of ether oxygens (including phenoxy) is 2. The van der Waals surface area contributed by atoms with E-state index in [0.29, 0.717) is 16.7 Å². The zero-order valence-electron chi connectivity index (χ0n) is 14.5. The summed E-state index contributed by atoms with van der Waals surface area (Å²) in [6.45, 7) is 6.80. The van der Waals surface area contributed by atoms with Crippen molar-refractivity contribution in [2.24, 2.45) is 0 Å². The SMILES string of the molecule is CCOC(=O)NC(=O)COC(=O)c1cc(C)nc2c1cnn2C(C)C. The van der Waals surface area contributed by atoms with Crippen molar-refractivity contribution in [3.05, 3.63) is 23.5 Å². The Labute approximate surface area is 144 Å². The molecule has 0 unspecified atom stereocenters. The first-order valence-corrected chi connectivity index (χ1v) is 7.82. The summed E-state index contributed by atoms with van der Waals surface area (Å²) >= 11 is 0. The van der Waals surface area contributed by atoms with E-state index in [9.17, 15) is 14.4 Å². The van der Waals surface area contributed by atoms with Gasteiger partial charge < -0.3 is 9.47 Å². The normalized spacial score (nSPS) is 10.8. The van der Waals surface area contributed by atoms with E-state index in [4.69, 9.17) is 4.74 Å². The summed E-state index contributed by atoms with van der Waals surface area (Å²) in [4.78, 5) is 39.4. The first-order chi connectivity index (χ1) is 11.8. The van der Waals surface area contributed by atoms with Gasteiger partial charge in [0.1, 0.15) is 0 Å². The Balaban J connectivity index is 2.14. The average molecular weight is 348 g/mol. The summed E-state index contributed by atoms with van der Waals surface area (Å²) in [6, 6.07) is 1.64. The van der Waals surface area contributed by atoms with Crippen LogP contribution in [0.15, 0.2) is 12.3 Å². The molecule has 2 amide bonds. The van der Waals surface area contributed by atoms with Crippen LogP contribution < -0.4 is 5.32 Å². The second-order valence-electron chi connectivity index (χ2n) is 5.58. The van der Waals surface area contributed by atoms with E-state index in [1.165, 1.54) is 6.20 Å². The Bertz CT molecular complexity index is 812.